The van der Waals surface area contributed by atoms with Crippen LogP contribution in [0.5, 0.6) is 0 Å². The largest absolute Gasteiger partial charge is 0.350 e. The molecule has 3 aromatic rings. The van der Waals surface area contributed by atoms with Gasteiger partial charge in [-0.3, -0.25) is 13.9 Å². The first-order chi connectivity index (χ1) is 18.2. The molecule has 9 heteroatoms. The van der Waals surface area contributed by atoms with Gasteiger partial charge in [0.2, 0.25) is 11.8 Å². The van der Waals surface area contributed by atoms with Crippen molar-refractivity contribution in [1.29, 1.82) is 0 Å². The van der Waals surface area contributed by atoms with Gasteiger partial charge in [0.1, 0.15) is 12.6 Å². The highest BCUT2D eigenvalue weighted by atomic mass is 35.5. The summed E-state index contributed by atoms with van der Waals surface area (Å²) in [5.74, 6) is -0.856. The van der Waals surface area contributed by atoms with E-state index in [1.165, 1.54) is 17.0 Å². The van der Waals surface area contributed by atoms with Crippen LogP contribution in [0.25, 0.3) is 0 Å². The molecule has 39 heavy (non-hydrogen) atoms. The van der Waals surface area contributed by atoms with E-state index in [1.54, 1.807) is 67.6 Å². The number of anilines is 1. The number of rotatable bonds is 9. The molecule has 0 spiro atoms. The maximum Gasteiger partial charge on any atom is 0.264 e. The second kappa shape index (κ2) is 12.2. The van der Waals surface area contributed by atoms with Crippen LogP contribution < -0.4 is 9.62 Å². The molecule has 0 aliphatic carbocycles. The number of carbonyl (C=O) groups is 2. The van der Waals surface area contributed by atoms with E-state index < -0.39 is 34.1 Å². The van der Waals surface area contributed by atoms with Crippen LogP contribution in [0, 0.1) is 13.8 Å². The van der Waals surface area contributed by atoms with Crippen LogP contribution in [0.3, 0.4) is 0 Å². The summed E-state index contributed by atoms with van der Waals surface area (Å²) in [6.45, 7) is 10.6. The van der Waals surface area contributed by atoms with Crippen LogP contribution >= 0.6 is 11.6 Å². The fourth-order valence-electron chi connectivity index (χ4n) is 3.92. The van der Waals surface area contributed by atoms with Gasteiger partial charge >= 0.3 is 0 Å². The van der Waals surface area contributed by atoms with Crippen LogP contribution in [0.1, 0.15) is 44.4 Å². The van der Waals surface area contributed by atoms with Gasteiger partial charge in [0.15, 0.2) is 0 Å². The Morgan fingerprint density at radius 1 is 0.872 bits per heavy atom. The third-order valence-electron chi connectivity index (χ3n) is 6.14. The van der Waals surface area contributed by atoms with Crippen LogP contribution in [0.4, 0.5) is 5.69 Å². The van der Waals surface area contributed by atoms with E-state index in [2.05, 4.69) is 5.32 Å². The summed E-state index contributed by atoms with van der Waals surface area (Å²) < 4.78 is 28.8. The third kappa shape index (κ3) is 8.07. The number of halogens is 1. The van der Waals surface area contributed by atoms with Crippen molar-refractivity contribution in [2.45, 2.75) is 64.6 Å². The second-order valence-corrected chi connectivity index (χ2v) is 13.0. The first kappa shape index (κ1) is 30.2. The number of benzene rings is 3. The molecular formula is C30H36ClN3O4S. The summed E-state index contributed by atoms with van der Waals surface area (Å²) in [6, 6.07) is 19.5. The van der Waals surface area contributed by atoms with Crippen molar-refractivity contribution in [2.75, 3.05) is 10.8 Å². The Kier molecular flexibility index (Phi) is 9.46. The molecule has 3 aromatic carbocycles. The van der Waals surface area contributed by atoms with Crippen molar-refractivity contribution in [3.05, 3.63) is 94.5 Å². The van der Waals surface area contributed by atoms with Crippen molar-refractivity contribution in [3.8, 4) is 0 Å². The first-order valence-electron chi connectivity index (χ1n) is 12.7. The molecule has 208 valence electrons. The Bertz CT molecular complexity index is 1400. The maximum absolute atomic E-state index is 13.9. The van der Waals surface area contributed by atoms with E-state index in [0.717, 1.165) is 21.0 Å². The first-order valence-corrected chi connectivity index (χ1v) is 14.5. The molecule has 0 fully saturated rings. The fraction of sp³-hybridized carbons (Fsp3) is 0.333. The Hall–Kier alpha value is -3.36. The quantitative estimate of drug-likeness (QED) is 0.369. The molecule has 0 aliphatic heterocycles. The fourth-order valence-corrected chi connectivity index (χ4v) is 5.46. The van der Waals surface area contributed by atoms with E-state index in [0.29, 0.717) is 10.7 Å². The summed E-state index contributed by atoms with van der Waals surface area (Å²) in [7, 11) is -4.10. The standard InChI is InChI=1S/C30H36ClN3O4S/c1-21-7-15-26(16-8-21)34(39(37,38)27-17-9-22(2)10-18-27)20-28(35)33(19-24-11-13-25(31)14-12-24)23(3)29(36)32-30(4,5)6/h7-18,23H,19-20H2,1-6H3,(H,32,36). The van der Waals surface area contributed by atoms with Gasteiger partial charge in [-0.05, 0) is 83.5 Å². The van der Waals surface area contributed by atoms with Crippen molar-refractivity contribution in [3.63, 3.8) is 0 Å². The van der Waals surface area contributed by atoms with Crippen LogP contribution in [0.15, 0.2) is 77.7 Å². The van der Waals surface area contributed by atoms with E-state index in [4.69, 9.17) is 11.6 Å². The molecule has 7 nitrogen and oxygen atoms in total. The maximum atomic E-state index is 13.9. The van der Waals surface area contributed by atoms with Crippen LogP contribution in [-0.4, -0.2) is 43.3 Å². The summed E-state index contributed by atoms with van der Waals surface area (Å²) in [4.78, 5) is 28.5. The molecular weight excluding hydrogens is 534 g/mol. The average molecular weight is 570 g/mol. The van der Waals surface area contributed by atoms with Crippen LogP contribution in [0.2, 0.25) is 5.02 Å². The predicted octanol–water partition coefficient (Wildman–Crippen LogP) is 5.48. The zero-order chi connectivity index (χ0) is 29.0. The lowest BCUT2D eigenvalue weighted by molar-refractivity contribution is -0.140. The number of sulfonamides is 1. The number of nitrogens with one attached hydrogen (secondary N) is 1. The highest BCUT2D eigenvalue weighted by Crippen LogP contribution is 2.25. The third-order valence-corrected chi connectivity index (χ3v) is 8.18. The number of hydrogen-bond donors (Lipinski definition) is 1. The van der Waals surface area contributed by atoms with Gasteiger partial charge in [0.05, 0.1) is 10.6 Å². The lowest BCUT2D eigenvalue weighted by Crippen LogP contribution is -2.54. The Balaban J connectivity index is 2.02. The summed E-state index contributed by atoms with van der Waals surface area (Å²) in [6.07, 6.45) is 0. The number of nitrogens with zero attached hydrogens (tertiary/aromatic N) is 2. The highest BCUT2D eigenvalue weighted by molar-refractivity contribution is 7.92. The van der Waals surface area contributed by atoms with Crippen molar-refractivity contribution < 1.29 is 18.0 Å². The van der Waals surface area contributed by atoms with Crippen molar-refractivity contribution >= 4 is 39.1 Å². The number of aryl methyl sites for hydroxylation is 2. The summed E-state index contributed by atoms with van der Waals surface area (Å²) in [5.41, 5.74) is 2.47. The minimum atomic E-state index is -4.10. The Morgan fingerprint density at radius 2 is 1.38 bits per heavy atom. The zero-order valence-electron chi connectivity index (χ0n) is 23.2. The Morgan fingerprint density at radius 3 is 1.90 bits per heavy atom. The molecule has 3 rings (SSSR count). The summed E-state index contributed by atoms with van der Waals surface area (Å²) >= 11 is 6.04. The van der Waals surface area contributed by atoms with Crippen LogP contribution in [-0.2, 0) is 26.2 Å². The predicted molar refractivity (Wildman–Crippen MR) is 156 cm³/mol. The number of amides is 2. The molecule has 0 aromatic heterocycles. The van der Waals surface area contributed by atoms with E-state index >= 15 is 0 Å². The van der Waals surface area contributed by atoms with E-state index in [1.807, 2.05) is 34.6 Å². The minimum Gasteiger partial charge on any atom is -0.350 e. The van der Waals surface area contributed by atoms with Crippen molar-refractivity contribution in [2.24, 2.45) is 0 Å². The molecule has 0 saturated carbocycles. The van der Waals surface area contributed by atoms with Crippen molar-refractivity contribution in [1.82, 2.24) is 10.2 Å². The van der Waals surface area contributed by atoms with Gasteiger partial charge in [-0.15, -0.1) is 0 Å². The minimum absolute atomic E-state index is 0.0734. The molecule has 0 radical (unpaired) electrons. The molecule has 0 bridgehead atoms. The van der Waals surface area contributed by atoms with Gasteiger partial charge in [-0.25, -0.2) is 8.42 Å². The molecule has 1 N–H and O–H groups in total. The van der Waals surface area contributed by atoms with Gasteiger partial charge in [-0.2, -0.15) is 0 Å². The molecule has 1 unspecified atom stereocenters. The SMILES string of the molecule is Cc1ccc(N(CC(=O)N(Cc2ccc(Cl)cc2)C(C)C(=O)NC(C)(C)C)S(=O)(=O)c2ccc(C)cc2)cc1. The lowest BCUT2D eigenvalue weighted by Gasteiger charge is -2.33. The highest BCUT2D eigenvalue weighted by Gasteiger charge is 2.33. The average Bonchev–Trinajstić information content (AvgIpc) is 2.86. The second-order valence-electron chi connectivity index (χ2n) is 10.7. The lowest BCUT2D eigenvalue weighted by atomic mass is 10.1. The zero-order valence-corrected chi connectivity index (χ0v) is 24.8. The number of hydrogen-bond acceptors (Lipinski definition) is 4. The van der Waals surface area contributed by atoms with Gasteiger partial charge in [-0.1, -0.05) is 59.1 Å². The monoisotopic (exact) mass is 569 g/mol. The molecule has 0 heterocycles. The topological polar surface area (TPSA) is 86.8 Å². The van der Waals surface area contributed by atoms with Gasteiger partial charge in [0, 0.05) is 17.1 Å². The van der Waals surface area contributed by atoms with Gasteiger partial charge < -0.3 is 10.2 Å². The van der Waals surface area contributed by atoms with E-state index in [-0.39, 0.29) is 17.3 Å². The van der Waals surface area contributed by atoms with E-state index in [9.17, 15) is 18.0 Å². The summed E-state index contributed by atoms with van der Waals surface area (Å²) in [5, 5.41) is 3.46. The Labute approximate surface area is 236 Å². The normalized spacial score (nSPS) is 12.5. The molecule has 2 amide bonds. The number of carbonyl (C=O) groups excluding carboxylic acids is 2. The smallest absolute Gasteiger partial charge is 0.264 e. The molecule has 0 aliphatic rings. The van der Waals surface area contributed by atoms with Gasteiger partial charge in [0.25, 0.3) is 10.0 Å². The molecule has 1 atom stereocenters. The molecule has 0 saturated heterocycles.